The van der Waals surface area contributed by atoms with E-state index in [1.165, 1.54) is 0 Å². The Morgan fingerprint density at radius 1 is 1.53 bits per heavy atom. The van der Waals surface area contributed by atoms with Crippen molar-refractivity contribution in [2.75, 3.05) is 19.7 Å². The standard InChI is InChI=1S/C14H17N3O2/c1-11-10-17(6-7-19-11)14(18)16-9-13-4-2-12(8-15)3-5-13/h2-5,11H,6-7,9-10H2,1H3,(H,16,18). The van der Waals surface area contributed by atoms with E-state index in [1.807, 2.05) is 19.1 Å². The average molecular weight is 259 g/mol. The average Bonchev–Trinajstić information content (AvgIpc) is 2.45. The molecule has 0 radical (unpaired) electrons. The molecule has 2 rings (SSSR count). The SMILES string of the molecule is CC1CN(C(=O)NCc2ccc(C#N)cc2)CCO1. The zero-order valence-corrected chi connectivity index (χ0v) is 10.9. The number of ether oxygens (including phenoxy) is 1. The molecule has 0 saturated carbocycles. The Hall–Kier alpha value is -2.06. The number of carbonyl (C=O) groups excluding carboxylic acids is 1. The number of morpholine rings is 1. The van der Waals surface area contributed by atoms with Crippen LogP contribution in [-0.4, -0.2) is 36.7 Å². The highest BCUT2D eigenvalue weighted by Gasteiger charge is 2.20. The first-order chi connectivity index (χ1) is 9.19. The smallest absolute Gasteiger partial charge is 0.317 e. The lowest BCUT2D eigenvalue weighted by Gasteiger charge is -2.31. The van der Waals surface area contributed by atoms with Crippen LogP contribution in [0, 0.1) is 11.3 Å². The molecule has 0 aliphatic carbocycles. The van der Waals surface area contributed by atoms with Crippen LogP contribution < -0.4 is 5.32 Å². The molecule has 0 spiro atoms. The number of nitrogens with zero attached hydrogens (tertiary/aromatic N) is 2. The first-order valence-electron chi connectivity index (χ1n) is 6.32. The number of urea groups is 1. The van der Waals surface area contributed by atoms with Crippen molar-refractivity contribution in [3.8, 4) is 6.07 Å². The minimum Gasteiger partial charge on any atom is -0.375 e. The number of carbonyl (C=O) groups is 1. The summed E-state index contributed by atoms with van der Waals surface area (Å²) in [6.07, 6.45) is 0.0920. The lowest BCUT2D eigenvalue weighted by atomic mass is 10.1. The lowest BCUT2D eigenvalue weighted by molar-refractivity contribution is -0.00351. The summed E-state index contributed by atoms with van der Waals surface area (Å²) in [4.78, 5) is 13.7. The van der Waals surface area contributed by atoms with Crippen LogP contribution >= 0.6 is 0 Å². The van der Waals surface area contributed by atoms with Crippen molar-refractivity contribution in [2.45, 2.75) is 19.6 Å². The summed E-state index contributed by atoms with van der Waals surface area (Å²) in [5.74, 6) is 0. The van der Waals surface area contributed by atoms with E-state index in [2.05, 4.69) is 11.4 Å². The van der Waals surface area contributed by atoms with Gasteiger partial charge in [0.05, 0.1) is 24.3 Å². The van der Waals surface area contributed by atoms with E-state index in [4.69, 9.17) is 10.00 Å². The minimum absolute atomic E-state index is 0.0699. The van der Waals surface area contributed by atoms with Crippen molar-refractivity contribution in [3.05, 3.63) is 35.4 Å². The minimum atomic E-state index is -0.0699. The van der Waals surface area contributed by atoms with Gasteiger partial charge in [-0.1, -0.05) is 12.1 Å². The maximum Gasteiger partial charge on any atom is 0.317 e. The van der Waals surface area contributed by atoms with Crippen LogP contribution in [0.2, 0.25) is 0 Å². The van der Waals surface area contributed by atoms with Crippen molar-refractivity contribution >= 4 is 6.03 Å². The molecule has 1 atom stereocenters. The van der Waals surface area contributed by atoms with Gasteiger partial charge in [0, 0.05) is 19.6 Å². The van der Waals surface area contributed by atoms with Crippen molar-refractivity contribution in [2.24, 2.45) is 0 Å². The Morgan fingerprint density at radius 2 is 2.26 bits per heavy atom. The Labute approximate surface area is 112 Å². The van der Waals surface area contributed by atoms with Gasteiger partial charge in [-0.15, -0.1) is 0 Å². The molecule has 5 nitrogen and oxygen atoms in total. The Kier molecular flexibility index (Phi) is 4.37. The van der Waals surface area contributed by atoms with Gasteiger partial charge in [0.15, 0.2) is 0 Å². The van der Waals surface area contributed by atoms with E-state index in [9.17, 15) is 4.79 Å². The predicted molar refractivity (Wildman–Crippen MR) is 70.4 cm³/mol. The molecule has 1 aliphatic heterocycles. The Balaban J connectivity index is 1.84. The number of amides is 2. The third-order valence-electron chi connectivity index (χ3n) is 3.06. The van der Waals surface area contributed by atoms with E-state index in [1.54, 1.807) is 17.0 Å². The van der Waals surface area contributed by atoms with Gasteiger partial charge in [0.1, 0.15) is 0 Å². The number of rotatable bonds is 2. The van der Waals surface area contributed by atoms with Crippen molar-refractivity contribution in [1.29, 1.82) is 5.26 Å². The highest BCUT2D eigenvalue weighted by atomic mass is 16.5. The van der Waals surface area contributed by atoms with Gasteiger partial charge in [0.25, 0.3) is 0 Å². The number of benzene rings is 1. The van der Waals surface area contributed by atoms with Crippen molar-refractivity contribution < 1.29 is 9.53 Å². The molecule has 1 aliphatic rings. The van der Waals surface area contributed by atoms with E-state index in [-0.39, 0.29) is 12.1 Å². The summed E-state index contributed by atoms with van der Waals surface area (Å²) >= 11 is 0. The molecular formula is C14H17N3O2. The van der Waals surface area contributed by atoms with Crippen LogP contribution in [0.5, 0.6) is 0 Å². The summed E-state index contributed by atoms with van der Waals surface area (Å²) in [5, 5.41) is 11.6. The molecule has 1 aromatic carbocycles. The zero-order valence-electron chi connectivity index (χ0n) is 10.9. The van der Waals surface area contributed by atoms with Crippen LogP contribution in [0.25, 0.3) is 0 Å². The third kappa shape index (κ3) is 3.70. The second kappa shape index (κ2) is 6.21. The first kappa shape index (κ1) is 13.4. The molecule has 1 N–H and O–H groups in total. The second-order valence-electron chi connectivity index (χ2n) is 4.59. The maximum atomic E-state index is 11.9. The number of hydrogen-bond donors (Lipinski definition) is 1. The molecule has 100 valence electrons. The summed E-state index contributed by atoms with van der Waals surface area (Å²) in [6.45, 7) is 4.27. The normalized spacial score (nSPS) is 18.7. The molecule has 2 amide bonds. The quantitative estimate of drug-likeness (QED) is 0.875. The third-order valence-corrected chi connectivity index (χ3v) is 3.06. The lowest BCUT2D eigenvalue weighted by Crippen LogP contribution is -2.48. The molecule has 1 unspecified atom stereocenters. The van der Waals surface area contributed by atoms with E-state index >= 15 is 0 Å². The van der Waals surface area contributed by atoms with Crippen LogP contribution in [0.3, 0.4) is 0 Å². The highest BCUT2D eigenvalue weighted by molar-refractivity contribution is 5.74. The number of nitrogens with one attached hydrogen (secondary N) is 1. The Bertz CT molecular complexity index is 478. The van der Waals surface area contributed by atoms with Gasteiger partial charge in [0.2, 0.25) is 0 Å². The summed E-state index contributed by atoms with van der Waals surface area (Å²) in [5.41, 5.74) is 1.60. The molecular weight excluding hydrogens is 242 g/mol. The van der Waals surface area contributed by atoms with Gasteiger partial charge < -0.3 is 15.0 Å². The summed E-state index contributed by atoms with van der Waals surface area (Å²) in [7, 11) is 0. The molecule has 0 bridgehead atoms. The molecule has 1 fully saturated rings. The van der Waals surface area contributed by atoms with Crippen LogP contribution in [0.1, 0.15) is 18.1 Å². The molecule has 0 aromatic heterocycles. The number of nitriles is 1. The van der Waals surface area contributed by atoms with Gasteiger partial charge in [-0.25, -0.2) is 4.79 Å². The predicted octanol–water partition coefficient (Wildman–Crippen LogP) is 1.49. The van der Waals surface area contributed by atoms with E-state index in [0.29, 0.717) is 31.8 Å². The van der Waals surface area contributed by atoms with Crippen LogP contribution in [0.15, 0.2) is 24.3 Å². The fourth-order valence-electron chi connectivity index (χ4n) is 1.99. The molecule has 5 heteroatoms. The zero-order chi connectivity index (χ0) is 13.7. The topological polar surface area (TPSA) is 65.4 Å². The van der Waals surface area contributed by atoms with E-state index in [0.717, 1.165) is 5.56 Å². The Morgan fingerprint density at radius 3 is 2.89 bits per heavy atom. The summed E-state index contributed by atoms with van der Waals surface area (Å²) < 4.78 is 5.39. The fourth-order valence-corrected chi connectivity index (χ4v) is 1.99. The molecule has 1 heterocycles. The summed E-state index contributed by atoms with van der Waals surface area (Å²) in [6, 6.07) is 9.19. The van der Waals surface area contributed by atoms with Gasteiger partial charge in [-0.2, -0.15) is 5.26 Å². The van der Waals surface area contributed by atoms with Crippen molar-refractivity contribution in [1.82, 2.24) is 10.2 Å². The fraction of sp³-hybridized carbons (Fsp3) is 0.429. The van der Waals surface area contributed by atoms with Gasteiger partial charge in [-0.05, 0) is 24.6 Å². The molecule has 19 heavy (non-hydrogen) atoms. The van der Waals surface area contributed by atoms with Crippen LogP contribution in [0.4, 0.5) is 4.79 Å². The first-order valence-corrected chi connectivity index (χ1v) is 6.32. The highest BCUT2D eigenvalue weighted by Crippen LogP contribution is 2.06. The number of hydrogen-bond acceptors (Lipinski definition) is 3. The van der Waals surface area contributed by atoms with E-state index < -0.39 is 0 Å². The molecule has 1 aromatic rings. The largest absolute Gasteiger partial charge is 0.375 e. The molecule has 1 saturated heterocycles. The monoisotopic (exact) mass is 259 g/mol. The maximum absolute atomic E-state index is 11.9. The van der Waals surface area contributed by atoms with Crippen molar-refractivity contribution in [3.63, 3.8) is 0 Å². The van der Waals surface area contributed by atoms with Gasteiger partial charge >= 0.3 is 6.03 Å². The van der Waals surface area contributed by atoms with Gasteiger partial charge in [-0.3, -0.25) is 0 Å². The second-order valence-corrected chi connectivity index (χ2v) is 4.59. The van der Waals surface area contributed by atoms with Crippen LogP contribution in [-0.2, 0) is 11.3 Å².